The number of benzene rings is 1. The highest BCUT2D eigenvalue weighted by atomic mass is 17.2. The Kier molecular flexibility index (Phi) is 3.87. The van der Waals surface area contributed by atoms with Crippen LogP contribution in [0.2, 0.25) is 0 Å². The molecular formula is C15H16N2O4. The van der Waals surface area contributed by atoms with Gasteiger partial charge in [0.15, 0.2) is 5.69 Å². The number of hydrogen-bond donors (Lipinski definition) is 0. The van der Waals surface area contributed by atoms with Crippen molar-refractivity contribution in [3.8, 4) is 5.88 Å². The zero-order valence-electron chi connectivity index (χ0n) is 11.7. The van der Waals surface area contributed by atoms with Gasteiger partial charge in [0.1, 0.15) is 6.61 Å². The predicted octanol–water partition coefficient (Wildman–Crippen LogP) is 2.26. The summed E-state index contributed by atoms with van der Waals surface area (Å²) in [4.78, 5) is 21.8. The van der Waals surface area contributed by atoms with Crippen LogP contribution in [-0.2, 0) is 22.9 Å². The van der Waals surface area contributed by atoms with E-state index in [0.717, 1.165) is 18.5 Å². The summed E-state index contributed by atoms with van der Waals surface area (Å²) in [6, 6.07) is 9.48. The summed E-state index contributed by atoms with van der Waals surface area (Å²) in [7, 11) is 0. The minimum atomic E-state index is -0.603. The molecule has 1 aliphatic heterocycles. The Morgan fingerprint density at radius 1 is 1.38 bits per heavy atom. The normalized spacial score (nSPS) is 13.4. The number of aryl methyl sites for hydroxylation is 1. The van der Waals surface area contributed by atoms with Crippen LogP contribution in [0.15, 0.2) is 30.3 Å². The third kappa shape index (κ3) is 2.90. The molecule has 21 heavy (non-hydrogen) atoms. The molecule has 110 valence electrons. The number of carbonyl (C=O) groups excluding carboxylic acids is 1. The van der Waals surface area contributed by atoms with Gasteiger partial charge >= 0.3 is 5.97 Å². The first-order valence-corrected chi connectivity index (χ1v) is 6.83. The fourth-order valence-electron chi connectivity index (χ4n) is 2.21. The van der Waals surface area contributed by atoms with Crippen LogP contribution >= 0.6 is 0 Å². The minimum Gasteiger partial charge on any atom is -0.478 e. The summed E-state index contributed by atoms with van der Waals surface area (Å²) >= 11 is 0. The highest BCUT2D eigenvalue weighted by molar-refractivity contribution is 5.89. The van der Waals surface area contributed by atoms with Gasteiger partial charge in [-0.2, -0.15) is 9.99 Å². The van der Waals surface area contributed by atoms with E-state index in [1.54, 1.807) is 11.6 Å². The summed E-state index contributed by atoms with van der Waals surface area (Å²) in [5, 5.41) is 4.21. The van der Waals surface area contributed by atoms with Crippen molar-refractivity contribution < 1.29 is 19.3 Å². The van der Waals surface area contributed by atoms with E-state index in [1.807, 2.05) is 30.3 Å². The lowest BCUT2D eigenvalue weighted by Gasteiger charge is -2.14. The average Bonchev–Trinajstić information content (AvgIpc) is 2.86. The SMILES string of the molecule is Cc1c(C(=O)OOCc2ccccc2)nn2c1OCCC2. The van der Waals surface area contributed by atoms with Crippen LogP contribution in [0.5, 0.6) is 5.88 Å². The Labute approximate surface area is 122 Å². The zero-order valence-corrected chi connectivity index (χ0v) is 11.7. The van der Waals surface area contributed by atoms with Crippen LogP contribution in [-0.4, -0.2) is 22.4 Å². The first-order chi connectivity index (χ1) is 10.3. The van der Waals surface area contributed by atoms with E-state index in [0.29, 0.717) is 18.1 Å². The summed E-state index contributed by atoms with van der Waals surface area (Å²) < 4.78 is 7.20. The quantitative estimate of drug-likeness (QED) is 0.638. The van der Waals surface area contributed by atoms with Crippen molar-refractivity contribution >= 4 is 5.97 Å². The van der Waals surface area contributed by atoms with Gasteiger partial charge in [0, 0.05) is 18.5 Å². The van der Waals surface area contributed by atoms with Crippen molar-refractivity contribution in [2.45, 2.75) is 26.5 Å². The lowest BCUT2D eigenvalue weighted by atomic mass is 10.2. The van der Waals surface area contributed by atoms with Gasteiger partial charge in [-0.25, -0.2) is 9.48 Å². The second-order valence-corrected chi connectivity index (χ2v) is 4.82. The lowest BCUT2D eigenvalue weighted by Crippen LogP contribution is -2.15. The van der Waals surface area contributed by atoms with Gasteiger partial charge in [0.25, 0.3) is 0 Å². The second kappa shape index (κ2) is 5.97. The van der Waals surface area contributed by atoms with Crippen molar-refractivity contribution in [1.82, 2.24) is 9.78 Å². The van der Waals surface area contributed by atoms with Gasteiger partial charge in [-0.15, -0.1) is 0 Å². The number of carbonyl (C=O) groups is 1. The number of fused-ring (bicyclic) bond motifs is 1. The summed E-state index contributed by atoms with van der Waals surface area (Å²) in [5.74, 6) is 0.0326. The maximum absolute atomic E-state index is 12.0. The fraction of sp³-hybridized carbons (Fsp3) is 0.333. The molecule has 1 aromatic heterocycles. The molecule has 0 N–H and O–H groups in total. The Hall–Kier alpha value is -2.34. The van der Waals surface area contributed by atoms with Gasteiger partial charge in [0.05, 0.1) is 6.61 Å². The van der Waals surface area contributed by atoms with Crippen LogP contribution in [0.4, 0.5) is 0 Å². The van der Waals surface area contributed by atoms with E-state index in [4.69, 9.17) is 14.5 Å². The van der Waals surface area contributed by atoms with Crippen molar-refractivity contribution in [3.63, 3.8) is 0 Å². The highest BCUT2D eigenvalue weighted by Crippen LogP contribution is 2.25. The van der Waals surface area contributed by atoms with Crippen molar-refractivity contribution in [2.75, 3.05) is 6.61 Å². The molecule has 1 aromatic carbocycles. The van der Waals surface area contributed by atoms with E-state index in [1.165, 1.54) is 0 Å². The van der Waals surface area contributed by atoms with Gasteiger partial charge in [0.2, 0.25) is 5.88 Å². The Morgan fingerprint density at radius 2 is 2.19 bits per heavy atom. The molecule has 1 aliphatic rings. The number of nitrogens with zero attached hydrogens (tertiary/aromatic N) is 2. The molecule has 6 heteroatoms. The predicted molar refractivity (Wildman–Crippen MR) is 73.7 cm³/mol. The molecule has 0 amide bonds. The molecule has 0 fully saturated rings. The van der Waals surface area contributed by atoms with Crippen LogP contribution in [0.1, 0.15) is 28.0 Å². The third-order valence-corrected chi connectivity index (χ3v) is 3.28. The number of rotatable bonds is 4. The van der Waals surface area contributed by atoms with Crippen LogP contribution in [0.3, 0.4) is 0 Å². The monoisotopic (exact) mass is 288 g/mol. The Morgan fingerprint density at radius 3 is 2.95 bits per heavy atom. The molecule has 0 unspecified atom stereocenters. The first kappa shape index (κ1) is 13.6. The second-order valence-electron chi connectivity index (χ2n) is 4.82. The molecule has 0 spiro atoms. The maximum Gasteiger partial charge on any atom is 0.393 e. The van der Waals surface area contributed by atoms with Gasteiger partial charge in [-0.3, -0.25) is 4.89 Å². The molecular weight excluding hydrogens is 272 g/mol. The van der Waals surface area contributed by atoms with E-state index in [-0.39, 0.29) is 12.3 Å². The smallest absolute Gasteiger partial charge is 0.393 e. The van der Waals surface area contributed by atoms with Crippen molar-refractivity contribution in [3.05, 3.63) is 47.2 Å². The number of aromatic nitrogens is 2. The van der Waals surface area contributed by atoms with E-state index in [2.05, 4.69) is 5.10 Å². The van der Waals surface area contributed by atoms with Crippen molar-refractivity contribution in [2.24, 2.45) is 0 Å². The molecule has 2 heterocycles. The first-order valence-electron chi connectivity index (χ1n) is 6.83. The standard InChI is InChI=1S/C15H16N2O4/c1-11-13(16-17-8-5-9-19-14(11)17)15(18)21-20-10-12-6-3-2-4-7-12/h2-4,6-7H,5,8-10H2,1H3. The molecule has 0 saturated heterocycles. The molecule has 0 atom stereocenters. The van der Waals surface area contributed by atoms with Gasteiger partial charge < -0.3 is 4.74 Å². The van der Waals surface area contributed by atoms with E-state index >= 15 is 0 Å². The fourth-order valence-corrected chi connectivity index (χ4v) is 2.21. The average molecular weight is 288 g/mol. The molecule has 0 bridgehead atoms. The zero-order chi connectivity index (χ0) is 14.7. The van der Waals surface area contributed by atoms with Crippen molar-refractivity contribution in [1.29, 1.82) is 0 Å². The largest absolute Gasteiger partial charge is 0.478 e. The molecule has 0 aliphatic carbocycles. The van der Waals surface area contributed by atoms with Crippen LogP contribution in [0, 0.1) is 6.92 Å². The molecule has 2 aromatic rings. The number of ether oxygens (including phenoxy) is 1. The summed E-state index contributed by atoms with van der Waals surface area (Å²) in [6.07, 6.45) is 0.882. The highest BCUT2D eigenvalue weighted by Gasteiger charge is 2.24. The summed E-state index contributed by atoms with van der Waals surface area (Å²) in [6.45, 7) is 3.38. The maximum atomic E-state index is 12.0. The molecule has 0 radical (unpaired) electrons. The van der Waals surface area contributed by atoms with Gasteiger partial charge in [-0.05, 0) is 12.5 Å². The van der Waals surface area contributed by atoms with Crippen LogP contribution < -0.4 is 4.74 Å². The summed E-state index contributed by atoms with van der Waals surface area (Å²) in [5.41, 5.74) is 1.84. The van der Waals surface area contributed by atoms with Gasteiger partial charge in [-0.1, -0.05) is 30.3 Å². The van der Waals surface area contributed by atoms with Crippen LogP contribution in [0.25, 0.3) is 0 Å². The van der Waals surface area contributed by atoms with E-state index in [9.17, 15) is 4.79 Å². The Balaban J connectivity index is 1.62. The van der Waals surface area contributed by atoms with E-state index < -0.39 is 5.97 Å². The Bertz CT molecular complexity index is 637. The number of hydrogen-bond acceptors (Lipinski definition) is 5. The topological polar surface area (TPSA) is 62.6 Å². The lowest BCUT2D eigenvalue weighted by molar-refractivity contribution is -0.250. The molecule has 6 nitrogen and oxygen atoms in total. The molecule has 0 saturated carbocycles. The molecule has 3 rings (SSSR count). The third-order valence-electron chi connectivity index (χ3n) is 3.28. The minimum absolute atomic E-state index is 0.204.